The Kier molecular flexibility index (Phi) is 6.30. The second kappa shape index (κ2) is 8.88. The molecule has 2 aliphatic heterocycles. The van der Waals surface area contributed by atoms with E-state index in [0.717, 1.165) is 6.07 Å². The van der Waals surface area contributed by atoms with Crippen LogP contribution in [0.1, 0.15) is 27.9 Å². The molecule has 2 saturated heterocycles. The number of nitriles is 1. The summed E-state index contributed by atoms with van der Waals surface area (Å²) in [7, 11) is 1.59. The molecular weight excluding hydrogens is 455 g/mol. The van der Waals surface area contributed by atoms with Crippen molar-refractivity contribution in [2.24, 2.45) is 11.3 Å². The lowest BCUT2D eigenvalue weighted by Gasteiger charge is -2.43. The summed E-state index contributed by atoms with van der Waals surface area (Å²) in [6, 6.07) is 12.3. The predicted octanol–water partition coefficient (Wildman–Crippen LogP) is 4.85. The van der Waals surface area contributed by atoms with Gasteiger partial charge < -0.3 is 14.5 Å². The van der Waals surface area contributed by atoms with E-state index < -0.39 is 22.7 Å². The Morgan fingerprint density at radius 1 is 1.27 bits per heavy atom. The van der Waals surface area contributed by atoms with Crippen LogP contribution < -0.4 is 4.90 Å². The number of alkyl halides is 3. The molecule has 0 N–H and O–H groups in total. The van der Waals surface area contributed by atoms with Gasteiger partial charge >= 0.3 is 6.18 Å². The second-order valence-electron chi connectivity index (χ2n) is 8.71. The van der Waals surface area contributed by atoms with Crippen LogP contribution in [-0.2, 0) is 10.9 Å². The SMILES string of the molecule is COC[C@@]12CN(C(=O)c3ccccc3Cl)CC[C@@H]1CN(c1ccc(C#N)c(C(F)(F)F)c1)C2. The number of rotatable bonds is 4. The first-order valence-electron chi connectivity index (χ1n) is 10.6. The number of anilines is 1. The number of likely N-dealkylation sites (tertiary alicyclic amines) is 1. The van der Waals surface area contributed by atoms with Crippen LogP contribution in [0.2, 0.25) is 5.02 Å². The number of methoxy groups -OCH3 is 1. The van der Waals surface area contributed by atoms with Crippen LogP contribution in [0.3, 0.4) is 0 Å². The first-order chi connectivity index (χ1) is 15.7. The summed E-state index contributed by atoms with van der Waals surface area (Å²) < 4.78 is 46.0. The third-order valence-corrected chi connectivity index (χ3v) is 7.01. The molecule has 33 heavy (non-hydrogen) atoms. The summed E-state index contributed by atoms with van der Waals surface area (Å²) >= 11 is 6.23. The first-order valence-corrected chi connectivity index (χ1v) is 11.0. The van der Waals surface area contributed by atoms with Gasteiger partial charge in [0.25, 0.3) is 5.91 Å². The van der Waals surface area contributed by atoms with Gasteiger partial charge in [-0.25, -0.2) is 0 Å². The fraction of sp³-hybridized carbons (Fsp3) is 0.417. The molecule has 4 rings (SSSR count). The van der Waals surface area contributed by atoms with Gasteiger partial charge in [-0.15, -0.1) is 0 Å². The summed E-state index contributed by atoms with van der Waals surface area (Å²) in [5.74, 6) is -0.0107. The van der Waals surface area contributed by atoms with E-state index in [1.54, 1.807) is 48.4 Å². The molecule has 0 unspecified atom stereocenters. The van der Waals surface area contributed by atoms with E-state index in [0.29, 0.717) is 55.5 Å². The van der Waals surface area contributed by atoms with E-state index in [4.69, 9.17) is 21.6 Å². The predicted molar refractivity (Wildman–Crippen MR) is 118 cm³/mol. The Balaban J connectivity index is 1.61. The summed E-state index contributed by atoms with van der Waals surface area (Å²) in [5.41, 5.74) is -0.909. The van der Waals surface area contributed by atoms with Crippen molar-refractivity contribution in [2.45, 2.75) is 12.6 Å². The number of carbonyl (C=O) groups is 1. The molecule has 0 spiro atoms. The topological polar surface area (TPSA) is 56.6 Å². The maximum atomic E-state index is 13.5. The molecular formula is C24H23ClF3N3O2. The molecule has 0 saturated carbocycles. The fourth-order valence-corrected chi connectivity index (χ4v) is 5.33. The maximum Gasteiger partial charge on any atom is 0.417 e. The standard InChI is InChI=1S/C24H23ClF3N3O2/c1-33-15-23-13-30(22(32)19-4-2-3-5-21(19)25)9-8-17(23)12-31(14-23)18-7-6-16(11-29)20(10-18)24(26,27)28/h2-7,10,17H,8-9,12-15H2,1H3/t17-,23+/m1/s1. The zero-order valence-corrected chi connectivity index (χ0v) is 18.8. The van der Waals surface area contributed by atoms with Crippen molar-refractivity contribution >= 4 is 23.2 Å². The van der Waals surface area contributed by atoms with Gasteiger partial charge in [0.15, 0.2) is 0 Å². The second-order valence-corrected chi connectivity index (χ2v) is 9.11. The fourth-order valence-electron chi connectivity index (χ4n) is 5.11. The molecule has 0 aromatic heterocycles. The zero-order valence-electron chi connectivity index (χ0n) is 18.0. The molecule has 2 atom stereocenters. The van der Waals surface area contributed by atoms with Crippen LogP contribution in [-0.4, -0.2) is 50.7 Å². The smallest absolute Gasteiger partial charge is 0.384 e. The largest absolute Gasteiger partial charge is 0.417 e. The highest BCUT2D eigenvalue weighted by Gasteiger charge is 2.51. The lowest BCUT2D eigenvalue weighted by molar-refractivity contribution is -0.137. The van der Waals surface area contributed by atoms with E-state index in [9.17, 15) is 18.0 Å². The number of halogens is 4. The number of carbonyl (C=O) groups excluding carboxylic acids is 1. The molecule has 2 heterocycles. The summed E-state index contributed by atoms with van der Waals surface area (Å²) in [6.07, 6.45) is -3.91. The highest BCUT2D eigenvalue weighted by atomic mass is 35.5. The molecule has 1 amide bonds. The zero-order chi connectivity index (χ0) is 23.8. The Morgan fingerprint density at radius 2 is 2.03 bits per heavy atom. The van der Waals surface area contributed by atoms with Crippen molar-refractivity contribution < 1.29 is 22.7 Å². The van der Waals surface area contributed by atoms with Gasteiger partial charge in [-0.2, -0.15) is 18.4 Å². The average Bonchev–Trinajstić information content (AvgIpc) is 3.16. The Labute approximate surface area is 195 Å². The lowest BCUT2D eigenvalue weighted by atomic mass is 9.73. The van der Waals surface area contributed by atoms with Crippen molar-refractivity contribution in [3.63, 3.8) is 0 Å². The molecule has 0 aliphatic carbocycles. The van der Waals surface area contributed by atoms with E-state index in [1.165, 1.54) is 6.07 Å². The number of benzene rings is 2. The molecule has 2 aliphatic rings. The van der Waals surface area contributed by atoms with E-state index in [2.05, 4.69) is 0 Å². The normalized spacial score (nSPS) is 22.7. The third-order valence-electron chi connectivity index (χ3n) is 6.68. The maximum absolute atomic E-state index is 13.5. The molecule has 5 nitrogen and oxygen atoms in total. The van der Waals surface area contributed by atoms with Gasteiger partial charge in [0.1, 0.15) is 0 Å². The summed E-state index contributed by atoms with van der Waals surface area (Å²) in [4.78, 5) is 16.8. The van der Waals surface area contributed by atoms with Gasteiger partial charge in [0, 0.05) is 44.4 Å². The minimum atomic E-state index is -4.62. The van der Waals surface area contributed by atoms with Crippen LogP contribution >= 0.6 is 11.6 Å². The first kappa shape index (κ1) is 23.4. The van der Waals surface area contributed by atoms with Gasteiger partial charge in [-0.3, -0.25) is 4.79 Å². The summed E-state index contributed by atoms with van der Waals surface area (Å²) in [5, 5.41) is 9.47. The minimum absolute atomic E-state index is 0.151. The quantitative estimate of drug-likeness (QED) is 0.632. The Bertz CT molecular complexity index is 1100. The number of piperidine rings is 1. The number of nitrogens with zero attached hydrogens (tertiary/aromatic N) is 3. The monoisotopic (exact) mass is 477 g/mol. The van der Waals surface area contributed by atoms with Crippen molar-refractivity contribution in [1.29, 1.82) is 5.26 Å². The molecule has 2 fully saturated rings. The third kappa shape index (κ3) is 4.40. The minimum Gasteiger partial charge on any atom is -0.384 e. The lowest BCUT2D eigenvalue weighted by Crippen LogP contribution is -2.53. The van der Waals surface area contributed by atoms with E-state index >= 15 is 0 Å². The Morgan fingerprint density at radius 3 is 2.70 bits per heavy atom. The van der Waals surface area contributed by atoms with Gasteiger partial charge in [-0.05, 0) is 42.7 Å². The number of hydrogen-bond donors (Lipinski definition) is 0. The van der Waals surface area contributed by atoms with Crippen LogP contribution in [0.15, 0.2) is 42.5 Å². The van der Waals surface area contributed by atoms with Crippen molar-refractivity contribution in [3.8, 4) is 6.07 Å². The molecule has 9 heteroatoms. The van der Waals surface area contributed by atoms with Crippen LogP contribution in [0.25, 0.3) is 0 Å². The van der Waals surface area contributed by atoms with Gasteiger partial charge in [0.2, 0.25) is 0 Å². The van der Waals surface area contributed by atoms with Gasteiger partial charge in [0.05, 0.1) is 34.4 Å². The average molecular weight is 478 g/mol. The van der Waals surface area contributed by atoms with Crippen molar-refractivity contribution in [2.75, 3.05) is 44.8 Å². The molecule has 2 aromatic carbocycles. The number of ether oxygens (including phenoxy) is 1. The summed E-state index contributed by atoms with van der Waals surface area (Å²) in [6.45, 7) is 2.34. The van der Waals surface area contributed by atoms with Crippen molar-refractivity contribution in [1.82, 2.24) is 4.90 Å². The van der Waals surface area contributed by atoms with Crippen LogP contribution in [0.4, 0.5) is 18.9 Å². The molecule has 2 aromatic rings. The van der Waals surface area contributed by atoms with Crippen molar-refractivity contribution in [3.05, 3.63) is 64.2 Å². The molecule has 0 radical (unpaired) electrons. The van der Waals surface area contributed by atoms with Crippen LogP contribution in [0.5, 0.6) is 0 Å². The highest BCUT2D eigenvalue weighted by molar-refractivity contribution is 6.33. The number of amides is 1. The highest BCUT2D eigenvalue weighted by Crippen LogP contribution is 2.45. The van der Waals surface area contributed by atoms with Crippen LogP contribution in [0, 0.1) is 22.7 Å². The number of fused-ring (bicyclic) bond motifs is 1. The van der Waals surface area contributed by atoms with Gasteiger partial charge in [-0.1, -0.05) is 23.7 Å². The molecule has 0 bridgehead atoms. The number of hydrogen-bond acceptors (Lipinski definition) is 4. The molecule has 174 valence electrons. The Hall–Kier alpha value is -2.76. The van der Waals surface area contributed by atoms with E-state index in [-0.39, 0.29) is 11.8 Å². The van der Waals surface area contributed by atoms with E-state index in [1.807, 2.05) is 4.90 Å².